The average molecular weight is 358 g/mol. The van der Waals surface area contributed by atoms with Crippen LogP contribution in [-0.2, 0) is 6.54 Å². The second kappa shape index (κ2) is 6.83. The molecule has 0 saturated carbocycles. The summed E-state index contributed by atoms with van der Waals surface area (Å²) in [7, 11) is 0. The van der Waals surface area contributed by atoms with Crippen molar-refractivity contribution in [2.45, 2.75) is 33.7 Å². The van der Waals surface area contributed by atoms with E-state index in [4.69, 9.17) is 4.98 Å². The summed E-state index contributed by atoms with van der Waals surface area (Å²) in [6.45, 7) is 6.84. The number of fused-ring (bicyclic) bond motifs is 2. The summed E-state index contributed by atoms with van der Waals surface area (Å²) in [6, 6.07) is 15.7. The maximum absolute atomic E-state index is 12.8. The van der Waals surface area contributed by atoms with E-state index in [2.05, 4.69) is 36.4 Å². The molecule has 1 amide bonds. The number of aryl methyl sites for hydroxylation is 3. The van der Waals surface area contributed by atoms with E-state index in [0.717, 1.165) is 46.0 Å². The lowest BCUT2D eigenvalue weighted by molar-refractivity contribution is 0.102. The van der Waals surface area contributed by atoms with Crippen molar-refractivity contribution >= 4 is 33.7 Å². The molecule has 27 heavy (non-hydrogen) atoms. The number of para-hydroxylation sites is 1. The molecule has 0 aliphatic rings. The monoisotopic (exact) mass is 358 g/mol. The van der Waals surface area contributed by atoms with Crippen molar-refractivity contribution in [2.24, 2.45) is 0 Å². The van der Waals surface area contributed by atoms with Crippen LogP contribution in [-0.4, -0.2) is 20.7 Å². The predicted molar refractivity (Wildman–Crippen MR) is 109 cm³/mol. The van der Waals surface area contributed by atoms with Gasteiger partial charge in [0.25, 0.3) is 5.91 Å². The summed E-state index contributed by atoms with van der Waals surface area (Å²) in [5.74, 6) is 0.406. The fraction of sp³-hybridized carbons (Fsp3) is 0.227. The van der Waals surface area contributed by atoms with E-state index in [1.165, 1.54) is 0 Å². The molecule has 0 bridgehead atoms. The summed E-state index contributed by atoms with van der Waals surface area (Å²) in [5, 5.41) is 9.55. The van der Waals surface area contributed by atoms with Crippen LogP contribution in [0.5, 0.6) is 0 Å². The van der Waals surface area contributed by atoms with Crippen molar-refractivity contribution in [1.82, 2.24) is 14.8 Å². The summed E-state index contributed by atoms with van der Waals surface area (Å²) in [6.07, 6.45) is 0.940. The number of aromatic nitrogens is 3. The van der Waals surface area contributed by atoms with Gasteiger partial charge in [-0.15, -0.1) is 0 Å². The predicted octanol–water partition coefficient (Wildman–Crippen LogP) is 4.86. The van der Waals surface area contributed by atoms with E-state index in [1.807, 2.05) is 48.0 Å². The van der Waals surface area contributed by atoms with Crippen LogP contribution in [0, 0.1) is 13.8 Å². The Kier molecular flexibility index (Phi) is 4.36. The number of amides is 1. The lowest BCUT2D eigenvalue weighted by Gasteiger charge is -2.06. The van der Waals surface area contributed by atoms with Gasteiger partial charge in [-0.05, 0) is 43.5 Å². The molecule has 2 heterocycles. The van der Waals surface area contributed by atoms with Crippen LogP contribution in [0.3, 0.4) is 0 Å². The normalized spacial score (nSPS) is 11.2. The molecule has 0 saturated heterocycles. The molecule has 2 aromatic carbocycles. The summed E-state index contributed by atoms with van der Waals surface area (Å²) >= 11 is 0. The van der Waals surface area contributed by atoms with Crippen molar-refractivity contribution in [2.75, 3.05) is 5.32 Å². The molecule has 4 aromatic rings. The number of rotatable bonds is 4. The molecule has 0 aliphatic heterocycles. The van der Waals surface area contributed by atoms with Gasteiger partial charge in [0, 0.05) is 17.5 Å². The standard InChI is InChI=1S/C22H22N4O/c1-4-12-26-21-18(13-16-10-7-9-15(3)19(16)23-21)20(25-26)24-22(27)17-11-6-5-8-14(17)2/h5-11,13H,4,12H2,1-3H3,(H,24,25,27). The van der Waals surface area contributed by atoms with Gasteiger partial charge in [0.1, 0.15) is 0 Å². The second-order valence-corrected chi connectivity index (χ2v) is 6.85. The van der Waals surface area contributed by atoms with E-state index in [9.17, 15) is 4.79 Å². The van der Waals surface area contributed by atoms with Crippen LogP contribution in [0.25, 0.3) is 21.9 Å². The molecule has 0 spiro atoms. The molecule has 0 atom stereocenters. The van der Waals surface area contributed by atoms with Gasteiger partial charge in [-0.2, -0.15) is 5.10 Å². The van der Waals surface area contributed by atoms with Crippen molar-refractivity contribution in [3.63, 3.8) is 0 Å². The highest BCUT2D eigenvalue weighted by Crippen LogP contribution is 2.28. The van der Waals surface area contributed by atoms with Gasteiger partial charge in [-0.3, -0.25) is 4.79 Å². The third kappa shape index (κ3) is 3.05. The van der Waals surface area contributed by atoms with Crippen molar-refractivity contribution < 1.29 is 4.79 Å². The van der Waals surface area contributed by atoms with Gasteiger partial charge in [-0.25, -0.2) is 9.67 Å². The first-order valence-corrected chi connectivity index (χ1v) is 9.22. The zero-order chi connectivity index (χ0) is 19.0. The molecule has 0 aliphatic carbocycles. The third-order valence-electron chi connectivity index (χ3n) is 4.80. The number of pyridine rings is 1. The molecule has 1 N–H and O–H groups in total. The molecule has 4 rings (SSSR count). The van der Waals surface area contributed by atoms with Gasteiger partial charge >= 0.3 is 0 Å². The van der Waals surface area contributed by atoms with Crippen LogP contribution < -0.4 is 5.32 Å². The van der Waals surface area contributed by atoms with Crippen LogP contribution in [0.15, 0.2) is 48.5 Å². The Morgan fingerprint density at radius 1 is 1.07 bits per heavy atom. The topological polar surface area (TPSA) is 59.8 Å². The number of carbonyl (C=O) groups excluding carboxylic acids is 1. The Morgan fingerprint density at radius 3 is 2.63 bits per heavy atom. The van der Waals surface area contributed by atoms with Gasteiger partial charge in [0.05, 0.1) is 10.9 Å². The first kappa shape index (κ1) is 17.2. The van der Waals surface area contributed by atoms with Crippen LogP contribution in [0.4, 0.5) is 5.82 Å². The van der Waals surface area contributed by atoms with E-state index >= 15 is 0 Å². The smallest absolute Gasteiger partial charge is 0.257 e. The third-order valence-corrected chi connectivity index (χ3v) is 4.80. The minimum absolute atomic E-state index is 0.152. The zero-order valence-electron chi connectivity index (χ0n) is 15.8. The van der Waals surface area contributed by atoms with Gasteiger partial charge in [0.15, 0.2) is 11.5 Å². The van der Waals surface area contributed by atoms with Crippen molar-refractivity contribution in [3.05, 3.63) is 65.2 Å². The Hall–Kier alpha value is -3.21. The Morgan fingerprint density at radius 2 is 1.85 bits per heavy atom. The minimum atomic E-state index is -0.152. The highest BCUT2D eigenvalue weighted by molar-refractivity contribution is 6.09. The number of anilines is 1. The maximum atomic E-state index is 12.8. The molecule has 5 heteroatoms. The van der Waals surface area contributed by atoms with Gasteiger partial charge in [0.2, 0.25) is 0 Å². The first-order valence-electron chi connectivity index (χ1n) is 9.22. The molecule has 0 unspecified atom stereocenters. The molecule has 0 fully saturated rings. The SMILES string of the molecule is CCCn1nc(NC(=O)c2ccccc2C)c2cc3cccc(C)c3nc21. The Bertz CT molecular complexity index is 1160. The van der Waals surface area contributed by atoms with E-state index in [0.29, 0.717) is 11.4 Å². The number of benzene rings is 2. The molecule has 5 nitrogen and oxygen atoms in total. The van der Waals surface area contributed by atoms with E-state index in [1.54, 1.807) is 0 Å². The van der Waals surface area contributed by atoms with Crippen LogP contribution in [0.1, 0.15) is 34.8 Å². The maximum Gasteiger partial charge on any atom is 0.257 e. The first-order chi connectivity index (χ1) is 13.1. The quantitative estimate of drug-likeness (QED) is 0.566. The Labute approximate surface area is 158 Å². The second-order valence-electron chi connectivity index (χ2n) is 6.85. The molecular formula is C22H22N4O. The molecular weight excluding hydrogens is 336 g/mol. The summed E-state index contributed by atoms with van der Waals surface area (Å²) in [4.78, 5) is 17.6. The van der Waals surface area contributed by atoms with Crippen molar-refractivity contribution in [3.8, 4) is 0 Å². The lowest BCUT2D eigenvalue weighted by Crippen LogP contribution is -2.14. The van der Waals surface area contributed by atoms with Crippen molar-refractivity contribution in [1.29, 1.82) is 0 Å². The van der Waals surface area contributed by atoms with Crippen LogP contribution >= 0.6 is 0 Å². The number of nitrogens with zero attached hydrogens (tertiary/aromatic N) is 3. The number of carbonyl (C=O) groups is 1. The largest absolute Gasteiger partial charge is 0.304 e. The van der Waals surface area contributed by atoms with E-state index < -0.39 is 0 Å². The summed E-state index contributed by atoms with van der Waals surface area (Å²) in [5.41, 5.74) is 4.49. The fourth-order valence-corrected chi connectivity index (χ4v) is 3.39. The number of hydrogen-bond donors (Lipinski definition) is 1. The molecule has 2 aromatic heterocycles. The van der Waals surface area contributed by atoms with Gasteiger partial charge < -0.3 is 5.32 Å². The van der Waals surface area contributed by atoms with Gasteiger partial charge in [-0.1, -0.05) is 43.3 Å². The molecule has 0 radical (unpaired) electrons. The lowest BCUT2D eigenvalue weighted by atomic mass is 10.1. The minimum Gasteiger partial charge on any atom is -0.304 e. The Balaban J connectivity index is 1.85. The zero-order valence-corrected chi connectivity index (χ0v) is 15.8. The average Bonchev–Trinajstić information content (AvgIpc) is 2.98. The van der Waals surface area contributed by atoms with E-state index in [-0.39, 0.29) is 5.91 Å². The number of hydrogen-bond acceptors (Lipinski definition) is 3. The number of nitrogens with one attached hydrogen (secondary N) is 1. The fourth-order valence-electron chi connectivity index (χ4n) is 3.39. The van der Waals surface area contributed by atoms with Crippen LogP contribution in [0.2, 0.25) is 0 Å². The highest BCUT2D eigenvalue weighted by atomic mass is 16.1. The highest BCUT2D eigenvalue weighted by Gasteiger charge is 2.17. The molecule has 136 valence electrons. The summed E-state index contributed by atoms with van der Waals surface area (Å²) < 4.78 is 1.88.